The van der Waals surface area contributed by atoms with Crippen LogP contribution in [0.25, 0.3) is 0 Å². The van der Waals surface area contributed by atoms with Crippen LogP contribution >= 0.6 is 22.6 Å². The fraction of sp³-hybridized carbons (Fsp3) is 1.00. The average molecular weight is 314 g/mol. The molecule has 1 aliphatic rings. The summed E-state index contributed by atoms with van der Waals surface area (Å²) in [5, 5.41) is 0. The van der Waals surface area contributed by atoms with E-state index in [1.54, 1.807) is 7.11 Å². The van der Waals surface area contributed by atoms with Crippen molar-refractivity contribution in [2.75, 3.05) is 26.9 Å². The van der Waals surface area contributed by atoms with Gasteiger partial charge in [-0.05, 0) is 5.92 Å². The van der Waals surface area contributed by atoms with E-state index in [1.165, 1.54) is 0 Å². The van der Waals surface area contributed by atoms with E-state index in [4.69, 9.17) is 14.2 Å². The van der Waals surface area contributed by atoms with Crippen molar-refractivity contribution in [2.45, 2.75) is 30.0 Å². The van der Waals surface area contributed by atoms with E-state index in [0.717, 1.165) is 13.2 Å². The molecule has 0 N–H and O–H groups in total. The summed E-state index contributed by atoms with van der Waals surface area (Å²) in [6.07, 6.45) is 0.436. The van der Waals surface area contributed by atoms with E-state index in [9.17, 15) is 0 Å². The highest BCUT2D eigenvalue weighted by atomic mass is 127. The molecule has 0 saturated carbocycles. The quantitative estimate of drug-likeness (QED) is 0.573. The second-order valence-electron chi connectivity index (χ2n) is 3.94. The van der Waals surface area contributed by atoms with Crippen molar-refractivity contribution < 1.29 is 14.2 Å². The Balaban J connectivity index is 2.24. The van der Waals surface area contributed by atoms with Crippen LogP contribution in [0.2, 0.25) is 0 Å². The van der Waals surface area contributed by atoms with Gasteiger partial charge in [-0.3, -0.25) is 0 Å². The van der Waals surface area contributed by atoms with Gasteiger partial charge in [-0.15, -0.1) is 0 Å². The predicted octanol–water partition coefficient (Wildman–Crippen LogP) is 1.88. The van der Waals surface area contributed by atoms with Crippen LogP contribution < -0.4 is 0 Å². The molecule has 0 bridgehead atoms. The normalized spacial score (nSPS) is 29.8. The molecule has 0 aliphatic carbocycles. The molecule has 0 radical (unpaired) electrons. The monoisotopic (exact) mass is 314 g/mol. The van der Waals surface area contributed by atoms with Crippen LogP contribution in [-0.2, 0) is 14.2 Å². The van der Waals surface area contributed by atoms with E-state index in [0.29, 0.717) is 16.4 Å². The summed E-state index contributed by atoms with van der Waals surface area (Å²) in [4.78, 5) is 0. The largest absolute Gasteiger partial charge is 0.379 e. The van der Waals surface area contributed by atoms with Crippen molar-refractivity contribution in [3.8, 4) is 0 Å². The van der Waals surface area contributed by atoms with Crippen LogP contribution in [0.15, 0.2) is 0 Å². The Labute approximate surface area is 99.6 Å². The molecule has 0 spiro atoms. The van der Waals surface area contributed by atoms with Crippen molar-refractivity contribution >= 4 is 22.6 Å². The Kier molecular flexibility index (Phi) is 5.66. The van der Waals surface area contributed by atoms with Crippen LogP contribution in [0.5, 0.6) is 0 Å². The van der Waals surface area contributed by atoms with E-state index < -0.39 is 0 Å². The minimum atomic E-state index is 0.194. The molecule has 0 aromatic heterocycles. The van der Waals surface area contributed by atoms with Crippen LogP contribution in [0.4, 0.5) is 0 Å². The van der Waals surface area contributed by atoms with Crippen molar-refractivity contribution in [3.05, 3.63) is 0 Å². The summed E-state index contributed by atoms with van der Waals surface area (Å²) < 4.78 is 16.9. The van der Waals surface area contributed by atoms with Gasteiger partial charge in [0.15, 0.2) is 0 Å². The van der Waals surface area contributed by atoms with Gasteiger partial charge in [0.25, 0.3) is 0 Å². The number of alkyl halides is 1. The zero-order valence-electron chi connectivity index (χ0n) is 9.03. The minimum absolute atomic E-state index is 0.194. The zero-order valence-corrected chi connectivity index (χ0v) is 11.2. The maximum atomic E-state index is 5.77. The molecule has 1 aliphatic heterocycles. The van der Waals surface area contributed by atoms with E-state index in [2.05, 4.69) is 36.4 Å². The van der Waals surface area contributed by atoms with E-state index in [1.807, 2.05) is 0 Å². The highest BCUT2D eigenvalue weighted by molar-refractivity contribution is 14.1. The smallest absolute Gasteiger partial charge is 0.0949 e. The maximum absolute atomic E-state index is 5.77. The van der Waals surface area contributed by atoms with Crippen molar-refractivity contribution in [2.24, 2.45) is 5.92 Å². The number of hydrogen-bond acceptors (Lipinski definition) is 3. The Morgan fingerprint density at radius 2 is 2.14 bits per heavy atom. The second kappa shape index (κ2) is 6.25. The van der Waals surface area contributed by atoms with Gasteiger partial charge < -0.3 is 14.2 Å². The summed E-state index contributed by atoms with van der Waals surface area (Å²) >= 11 is 2.38. The first-order valence-corrected chi connectivity index (χ1v) is 6.26. The van der Waals surface area contributed by atoms with Gasteiger partial charge in [0.2, 0.25) is 0 Å². The lowest BCUT2D eigenvalue weighted by Crippen LogP contribution is -2.30. The molecule has 14 heavy (non-hydrogen) atoms. The molecule has 3 unspecified atom stereocenters. The lowest BCUT2D eigenvalue weighted by atomic mass is 10.1. The van der Waals surface area contributed by atoms with Gasteiger partial charge in [0, 0.05) is 7.11 Å². The molecule has 4 heteroatoms. The lowest BCUT2D eigenvalue weighted by molar-refractivity contribution is -0.0441. The fourth-order valence-corrected chi connectivity index (χ4v) is 2.08. The number of methoxy groups -OCH3 is 1. The fourth-order valence-electron chi connectivity index (χ4n) is 1.41. The highest BCUT2D eigenvalue weighted by Gasteiger charge is 2.27. The van der Waals surface area contributed by atoms with Gasteiger partial charge in [0.1, 0.15) is 0 Å². The topological polar surface area (TPSA) is 27.7 Å². The molecular formula is C10H19IO3. The van der Waals surface area contributed by atoms with Gasteiger partial charge in [-0.25, -0.2) is 0 Å². The molecule has 0 aromatic carbocycles. The lowest BCUT2D eigenvalue weighted by Gasteiger charge is -2.22. The molecule has 3 atom stereocenters. The number of halogens is 1. The van der Waals surface area contributed by atoms with Crippen molar-refractivity contribution in [1.29, 1.82) is 0 Å². The van der Waals surface area contributed by atoms with Gasteiger partial charge in [0.05, 0.1) is 36.0 Å². The first-order chi connectivity index (χ1) is 6.65. The van der Waals surface area contributed by atoms with Crippen LogP contribution in [0, 0.1) is 5.92 Å². The third-order valence-electron chi connectivity index (χ3n) is 2.48. The number of rotatable bonds is 5. The first kappa shape index (κ1) is 12.7. The molecule has 1 rings (SSSR count). The summed E-state index contributed by atoms with van der Waals surface area (Å²) in [5.74, 6) is 0.495. The van der Waals surface area contributed by atoms with Crippen LogP contribution in [-0.4, -0.2) is 43.1 Å². The SMILES string of the molecule is COC(COC1COCC1I)C(C)C. The Hall–Kier alpha value is 0.610. The maximum Gasteiger partial charge on any atom is 0.0949 e. The average Bonchev–Trinajstić information content (AvgIpc) is 2.52. The molecule has 0 amide bonds. The van der Waals surface area contributed by atoms with Crippen molar-refractivity contribution in [3.63, 3.8) is 0 Å². The van der Waals surface area contributed by atoms with E-state index in [-0.39, 0.29) is 12.2 Å². The Bertz CT molecular complexity index is 161. The predicted molar refractivity (Wildman–Crippen MR) is 64.0 cm³/mol. The first-order valence-electron chi connectivity index (χ1n) is 5.01. The van der Waals surface area contributed by atoms with Crippen molar-refractivity contribution in [1.82, 2.24) is 0 Å². The van der Waals surface area contributed by atoms with E-state index >= 15 is 0 Å². The summed E-state index contributed by atoms with van der Waals surface area (Å²) in [6.45, 7) is 6.49. The van der Waals surface area contributed by atoms with Gasteiger partial charge in [-0.2, -0.15) is 0 Å². The summed E-state index contributed by atoms with van der Waals surface area (Å²) in [5.41, 5.74) is 0. The number of hydrogen-bond donors (Lipinski definition) is 0. The highest BCUT2D eigenvalue weighted by Crippen LogP contribution is 2.19. The Morgan fingerprint density at radius 1 is 1.43 bits per heavy atom. The summed E-state index contributed by atoms with van der Waals surface area (Å²) in [6, 6.07) is 0. The molecule has 3 nitrogen and oxygen atoms in total. The zero-order chi connectivity index (χ0) is 10.6. The second-order valence-corrected chi connectivity index (χ2v) is 5.54. The van der Waals surface area contributed by atoms with Crippen LogP contribution in [0.1, 0.15) is 13.8 Å². The third kappa shape index (κ3) is 3.64. The molecule has 84 valence electrons. The standard InChI is InChI=1S/C10H19IO3/c1-7(2)9(12-3)6-14-10-5-13-4-8(10)11/h7-10H,4-6H2,1-3H3. The van der Waals surface area contributed by atoms with Gasteiger partial charge >= 0.3 is 0 Å². The molecule has 1 saturated heterocycles. The number of ether oxygens (including phenoxy) is 3. The minimum Gasteiger partial charge on any atom is -0.379 e. The Morgan fingerprint density at radius 3 is 2.57 bits per heavy atom. The molecular weight excluding hydrogens is 295 g/mol. The molecule has 1 heterocycles. The molecule has 1 fully saturated rings. The molecule has 0 aromatic rings. The van der Waals surface area contributed by atoms with Crippen LogP contribution in [0.3, 0.4) is 0 Å². The van der Waals surface area contributed by atoms with Gasteiger partial charge in [-0.1, -0.05) is 36.4 Å². The third-order valence-corrected chi connectivity index (χ3v) is 3.65. The summed E-state index contributed by atoms with van der Waals surface area (Å²) in [7, 11) is 1.74.